The number of phosphoric ester groups is 1. The van der Waals surface area contributed by atoms with Gasteiger partial charge in [-0.25, -0.2) is 0 Å². The molecule has 3 atom stereocenters. The van der Waals surface area contributed by atoms with Crippen molar-refractivity contribution in [2.75, 3.05) is 47.5 Å². The molecule has 0 aromatic heterocycles. The van der Waals surface area contributed by atoms with Crippen LogP contribution in [0.5, 0.6) is 0 Å². The second-order valence-electron chi connectivity index (χ2n) is 15.5. The van der Waals surface area contributed by atoms with Crippen molar-refractivity contribution in [3.63, 3.8) is 0 Å². The smallest absolute Gasteiger partial charge is 0.306 e. The van der Waals surface area contributed by atoms with Gasteiger partial charge in [-0.1, -0.05) is 137 Å². The number of hydrogen-bond donors (Lipinski definition) is 1. The van der Waals surface area contributed by atoms with Gasteiger partial charge in [0.05, 0.1) is 33.9 Å². The molecule has 0 aromatic carbocycles. The molecule has 0 radical (unpaired) electrons. The highest BCUT2D eigenvalue weighted by Crippen LogP contribution is 2.38. The molecule has 59 heavy (non-hydrogen) atoms. The van der Waals surface area contributed by atoms with Gasteiger partial charge in [-0.2, -0.15) is 0 Å². The van der Waals surface area contributed by atoms with Crippen molar-refractivity contribution in [3.05, 3.63) is 97.2 Å². The molecule has 336 valence electrons. The summed E-state index contributed by atoms with van der Waals surface area (Å²) in [6.45, 7) is 3.85. The van der Waals surface area contributed by atoms with Crippen LogP contribution in [0.15, 0.2) is 97.2 Å². The summed E-state index contributed by atoms with van der Waals surface area (Å²) < 4.78 is 33.7. The zero-order valence-corrected chi connectivity index (χ0v) is 38.2. The summed E-state index contributed by atoms with van der Waals surface area (Å²) in [7, 11) is 1.05. The van der Waals surface area contributed by atoms with Crippen LogP contribution in [0.1, 0.15) is 136 Å². The number of rotatable bonds is 38. The van der Waals surface area contributed by atoms with Crippen molar-refractivity contribution < 1.29 is 47.2 Å². The Morgan fingerprint density at radius 1 is 0.644 bits per heavy atom. The molecule has 0 saturated carbocycles. The van der Waals surface area contributed by atoms with Crippen molar-refractivity contribution in [3.8, 4) is 0 Å². The number of allylic oxidation sites excluding steroid dienone is 14. The molecular formula is C48H80NO9P. The summed E-state index contributed by atoms with van der Waals surface area (Å²) >= 11 is 0. The Morgan fingerprint density at radius 3 is 1.83 bits per heavy atom. The molecule has 0 aromatic rings. The fraction of sp³-hybridized carbons (Fsp3) is 0.625. The van der Waals surface area contributed by atoms with Gasteiger partial charge in [0, 0.05) is 12.8 Å². The summed E-state index contributed by atoms with van der Waals surface area (Å²) in [5.41, 5.74) is 0. The number of carbonyl (C=O) groups excluding carboxylic acids is 2. The first-order valence-corrected chi connectivity index (χ1v) is 23.5. The summed E-state index contributed by atoms with van der Waals surface area (Å²) in [4.78, 5) is 37.5. The number of hydrogen-bond acceptors (Lipinski definition) is 9. The second-order valence-corrected chi connectivity index (χ2v) is 16.9. The first-order chi connectivity index (χ1) is 28.4. The average molecular weight is 846 g/mol. The van der Waals surface area contributed by atoms with Crippen LogP contribution in [-0.2, 0) is 32.7 Å². The summed E-state index contributed by atoms with van der Waals surface area (Å²) in [6, 6.07) is 0. The molecule has 0 amide bonds. The Hall–Kier alpha value is -3.11. The zero-order chi connectivity index (χ0) is 43.7. The molecule has 0 fully saturated rings. The molecule has 11 heteroatoms. The Kier molecular flexibility index (Phi) is 37.0. The minimum Gasteiger partial charge on any atom is -0.756 e. The maximum Gasteiger partial charge on any atom is 0.306 e. The fourth-order valence-corrected chi connectivity index (χ4v) is 5.92. The average Bonchev–Trinajstić information content (AvgIpc) is 3.18. The maximum atomic E-state index is 12.7. The highest BCUT2D eigenvalue weighted by Gasteiger charge is 2.21. The van der Waals surface area contributed by atoms with E-state index in [2.05, 4.69) is 80.7 Å². The molecule has 1 N–H and O–H groups in total. The predicted molar refractivity (Wildman–Crippen MR) is 241 cm³/mol. The van der Waals surface area contributed by atoms with Crippen molar-refractivity contribution in [2.24, 2.45) is 0 Å². The van der Waals surface area contributed by atoms with Crippen LogP contribution in [0.25, 0.3) is 0 Å². The number of aliphatic hydroxyl groups excluding tert-OH is 1. The number of aliphatic hydroxyl groups is 1. The van der Waals surface area contributed by atoms with Gasteiger partial charge in [0.25, 0.3) is 7.82 Å². The maximum absolute atomic E-state index is 12.7. The largest absolute Gasteiger partial charge is 0.756 e. The highest BCUT2D eigenvalue weighted by molar-refractivity contribution is 7.45. The van der Waals surface area contributed by atoms with Crippen LogP contribution in [0.3, 0.4) is 0 Å². The third kappa shape index (κ3) is 42.8. The molecule has 10 nitrogen and oxygen atoms in total. The normalized spacial score (nSPS) is 15.0. The van der Waals surface area contributed by atoms with E-state index < -0.39 is 38.6 Å². The first kappa shape index (κ1) is 55.9. The van der Waals surface area contributed by atoms with Gasteiger partial charge in [-0.05, 0) is 83.5 Å². The Labute approximate surface area is 358 Å². The number of quaternary nitrogens is 1. The summed E-state index contributed by atoms with van der Waals surface area (Å²) in [6.07, 6.45) is 47.5. The SMILES string of the molecule is CC/C=C\C/C=C\C/C=C\C/C=C\CCCCCCC(=O)O[C@H](COC(=O)CCC/C=C/C=C\C(O)C/C=C\C/C=C\CCCCC)COP(=O)([O-])OCC[N+](C)(C)C. The van der Waals surface area contributed by atoms with E-state index in [-0.39, 0.29) is 26.1 Å². The van der Waals surface area contributed by atoms with Crippen molar-refractivity contribution >= 4 is 19.8 Å². The lowest BCUT2D eigenvalue weighted by Crippen LogP contribution is -2.37. The third-order valence-corrected chi connectivity index (χ3v) is 9.63. The molecule has 0 saturated heterocycles. The van der Waals surface area contributed by atoms with E-state index in [0.717, 1.165) is 64.2 Å². The number of esters is 2. The molecule has 0 spiro atoms. The van der Waals surface area contributed by atoms with E-state index in [1.165, 1.54) is 19.3 Å². The number of nitrogens with zero attached hydrogens (tertiary/aromatic N) is 1. The van der Waals surface area contributed by atoms with E-state index in [9.17, 15) is 24.2 Å². The monoisotopic (exact) mass is 846 g/mol. The van der Waals surface area contributed by atoms with Crippen LogP contribution < -0.4 is 4.89 Å². The quantitative estimate of drug-likeness (QED) is 0.0161. The molecule has 0 heterocycles. The molecule has 0 rings (SSSR count). The van der Waals surface area contributed by atoms with Crippen LogP contribution in [0.4, 0.5) is 0 Å². The number of likely N-dealkylation sites (N-methyl/N-ethyl adjacent to an activating group) is 1. The molecular weight excluding hydrogens is 766 g/mol. The van der Waals surface area contributed by atoms with Gasteiger partial charge >= 0.3 is 11.9 Å². The van der Waals surface area contributed by atoms with Crippen molar-refractivity contribution in [1.29, 1.82) is 0 Å². The minimum absolute atomic E-state index is 0.0640. The van der Waals surface area contributed by atoms with Crippen molar-refractivity contribution in [1.82, 2.24) is 0 Å². The van der Waals surface area contributed by atoms with Crippen LogP contribution in [0, 0.1) is 0 Å². The molecule has 0 aliphatic heterocycles. The van der Waals surface area contributed by atoms with E-state index >= 15 is 0 Å². The van der Waals surface area contributed by atoms with E-state index in [0.29, 0.717) is 36.7 Å². The third-order valence-electron chi connectivity index (χ3n) is 8.67. The number of phosphoric acid groups is 1. The van der Waals surface area contributed by atoms with E-state index in [4.69, 9.17) is 18.5 Å². The second kappa shape index (κ2) is 39.1. The highest BCUT2D eigenvalue weighted by atomic mass is 31.2. The zero-order valence-electron chi connectivity index (χ0n) is 37.3. The van der Waals surface area contributed by atoms with E-state index in [1.54, 1.807) is 12.2 Å². The summed E-state index contributed by atoms with van der Waals surface area (Å²) in [5, 5.41) is 10.1. The van der Waals surface area contributed by atoms with Crippen LogP contribution in [0.2, 0.25) is 0 Å². The van der Waals surface area contributed by atoms with Gasteiger partial charge in [-0.3, -0.25) is 14.2 Å². The standard InChI is InChI=1S/C48H80NO9P/c1-6-8-10-12-14-16-17-18-19-20-21-22-23-25-27-31-36-40-48(52)58-46(44-57-59(53,54)56-42-41-49(3,4)5)43-55-47(51)39-35-32-28-30-34-38-45(50)37-33-29-26-24-15-13-11-9-7-2/h8,10,14-16,18-19,21-22,24,28-30,33-34,38,45-46,50H,6-7,9,11-13,17,20,23,25-27,31-32,35-37,39-44H2,1-5H3/b10-8-,16-14-,19-18-,22-21-,24-15-,30-28+,33-29-,38-34-/t45?,46-/m1/s1. The molecule has 2 unspecified atom stereocenters. The minimum atomic E-state index is -4.67. The Balaban J connectivity index is 4.60. The van der Waals surface area contributed by atoms with Gasteiger partial charge in [0.1, 0.15) is 19.8 Å². The van der Waals surface area contributed by atoms with Gasteiger partial charge < -0.3 is 33.0 Å². The lowest BCUT2D eigenvalue weighted by molar-refractivity contribution is -0.870. The number of unbranched alkanes of at least 4 members (excludes halogenated alkanes) is 8. The van der Waals surface area contributed by atoms with Crippen molar-refractivity contribution in [2.45, 2.75) is 148 Å². The van der Waals surface area contributed by atoms with Crippen LogP contribution >= 0.6 is 7.82 Å². The van der Waals surface area contributed by atoms with Gasteiger partial charge in [0.15, 0.2) is 6.10 Å². The summed E-state index contributed by atoms with van der Waals surface area (Å²) in [5.74, 6) is -1.00. The fourth-order valence-electron chi connectivity index (χ4n) is 5.19. The topological polar surface area (TPSA) is 131 Å². The lowest BCUT2D eigenvalue weighted by Gasteiger charge is -2.28. The Bertz CT molecular complexity index is 1340. The Morgan fingerprint density at radius 2 is 1.20 bits per heavy atom. The van der Waals surface area contributed by atoms with E-state index in [1.807, 2.05) is 39.4 Å². The molecule has 0 aliphatic carbocycles. The van der Waals surface area contributed by atoms with Gasteiger partial charge in [-0.15, -0.1) is 0 Å². The lowest BCUT2D eigenvalue weighted by atomic mass is 10.1. The van der Waals surface area contributed by atoms with Crippen LogP contribution in [-0.4, -0.2) is 81.2 Å². The van der Waals surface area contributed by atoms with Gasteiger partial charge in [0.2, 0.25) is 0 Å². The molecule has 0 bridgehead atoms. The predicted octanol–water partition coefficient (Wildman–Crippen LogP) is 10.9. The number of carbonyl (C=O) groups is 2. The molecule has 0 aliphatic rings. The number of ether oxygens (including phenoxy) is 2. The first-order valence-electron chi connectivity index (χ1n) is 22.1.